The lowest BCUT2D eigenvalue weighted by Gasteiger charge is -2.26. The van der Waals surface area contributed by atoms with Crippen molar-refractivity contribution in [1.82, 2.24) is 0 Å². The van der Waals surface area contributed by atoms with Crippen LogP contribution < -0.4 is 4.74 Å². The van der Waals surface area contributed by atoms with E-state index in [1.54, 1.807) is 0 Å². The van der Waals surface area contributed by atoms with Gasteiger partial charge in [0.25, 0.3) is 0 Å². The second-order valence-corrected chi connectivity index (χ2v) is 5.27. The van der Waals surface area contributed by atoms with Gasteiger partial charge < -0.3 is 9.84 Å². The fraction of sp³-hybridized carbons (Fsp3) is 0.500. The molecule has 2 nitrogen and oxygen atoms in total. The van der Waals surface area contributed by atoms with Crippen molar-refractivity contribution >= 4 is 11.8 Å². The van der Waals surface area contributed by atoms with E-state index in [1.165, 1.54) is 5.56 Å². The highest BCUT2D eigenvalue weighted by Gasteiger charge is 2.23. The van der Waals surface area contributed by atoms with Gasteiger partial charge in [-0.1, -0.05) is 6.07 Å². The average Bonchev–Trinajstić information content (AvgIpc) is 2.54. The number of ether oxygens (including phenoxy) is 1. The van der Waals surface area contributed by atoms with Gasteiger partial charge in [0.05, 0.1) is 6.10 Å². The number of aliphatic hydroxyl groups excluding tert-OH is 1. The normalized spacial score (nSPS) is 24.7. The largest absolute Gasteiger partial charge is 0.489 e. The summed E-state index contributed by atoms with van der Waals surface area (Å²) in [6.45, 7) is 0. The van der Waals surface area contributed by atoms with Crippen LogP contribution in [0.3, 0.4) is 0 Å². The Morgan fingerprint density at radius 1 is 1.33 bits per heavy atom. The smallest absolute Gasteiger partial charge is 0.120 e. The van der Waals surface area contributed by atoms with E-state index in [0.717, 1.165) is 35.7 Å². The Morgan fingerprint density at radius 3 is 2.93 bits per heavy atom. The maximum absolute atomic E-state index is 9.67. The molecule has 15 heavy (non-hydrogen) atoms. The summed E-state index contributed by atoms with van der Waals surface area (Å²) >= 11 is 1.93. The Balaban J connectivity index is 1.79. The molecule has 1 aromatic carbocycles. The molecule has 0 amide bonds. The van der Waals surface area contributed by atoms with E-state index in [-0.39, 0.29) is 6.10 Å². The maximum atomic E-state index is 9.67. The minimum Gasteiger partial charge on any atom is -0.489 e. The first kappa shape index (κ1) is 9.55. The molecule has 80 valence electrons. The van der Waals surface area contributed by atoms with E-state index < -0.39 is 0 Å². The third-order valence-corrected chi connectivity index (χ3v) is 4.29. The Labute approximate surface area is 93.6 Å². The first-order chi connectivity index (χ1) is 7.33. The van der Waals surface area contributed by atoms with E-state index in [9.17, 15) is 5.11 Å². The predicted molar refractivity (Wildman–Crippen MR) is 61.5 cm³/mol. The zero-order valence-corrected chi connectivity index (χ0v) is 9.30. The molecule has 1 aromatic rings. The first-order valence-corrected chi connectivity index (χ1v) is 6.54. The lowest BCUT2D eigenvalue weighted by Crippen LogP contribution is -2.31. The van der Waals surface area contributed by atoms with Crippen LogP contribution in [0.25, 0.3) is 0 Å². The molecular weight excluding hydrogens is 208 g/mol. The van der Waals surface area contributed by atoms with Crippen molar-refractivity contribution in [3.8, 4) is 5.75 Å². The summed E-state index contributed by atoms with van der Waals surface area (Å²) in [5.41, 5.74) is 2.34. The molecule has 1 N–H and O–H groups in total. The van der Waals surface area contributed by atoms with Gasteiger partial charge in [-0.2, -0.15) is 11.8 Å². The molecule has 1 fully saturated rings. The number of hydrogen-bond acceptors (Lipinski definition) is 3. The molecule has 1 atom stereocenters. The Morgan fingerprint density at radius 2 is 2.20 bits per heavy atom. The van der Waals surface area contributed by atoms with Gasteiger partial charge >= 0.3 is 0 Å². The van der Waals surface area contributed by atoms with Crippen LogP contribution in [0.2, 0.25) is 0 Å². The summed E-state index contributed by atoms with van der Waals surface area (Å²) in [5, 5.41) is 9.67. The Kier molecular flexibility index (Phi) is 2.37. The average molecular weight is 222 g/mol. The van der Waals surface area contributed by atoms with Crippen LogP contribution in [0.15, 0.2) is 18.2 Å². The third-order valence-electron chi connectivity index (χ3n) is 3.07. The van der Waals surface area contributed by atoms with Crippen molar-refractivity contribution in [2.24, 2.45) is 0 Å². The van der Waals surface area contributed by atoms with Crippen LogP contribution in [0.4, 0.5) is 0 Å². The summed E-state index contributed by atoms with van der Waals surface area (Å²) in [4.78, 5) is 0. The second kappa shape index (κ2) is 3.72. The molecule has 0 saturated carbocycles. The number of thioether (sulfide) groups is 1. The number of fused-ring (bicyclic) bond motifs is 1. The van der Waals surface area contributed by atoms with E-state index in [0.29, 0.717) is 6.10 Å². The molecule has 3 heteroatoms. The summed E-state index contributed by atoms with van der Waals surface area (Å²) in [6.07, 6.45) is 1.98. The molecular formula is C12H14O2S. The van der Waals surface area contributed by atoms with Gasteiger partial charge in [0.1, 0.15) is 11.9 Å². The van der Waals surface area contributed by atoms with Gasteiger partial charge in [0, 0.05) is 11.5 Å². The molecule has 1 heterocycles. The van der Waals surface area contributed by atoms with Crippen molar-refractivity contribution in [3.63, 3.8) is 0 Å². The van der Waals surface area contributed by atoms with E-state index in [2.05, 4.69) is 6.07 Å². The molecule has 1 aliphatic heterocycles. The monoisotopic (exact) mass is 222 g/mol. The van der Waals surface area contributed by atoms with Crippen molar-refractivity contribution in [2.75, 3.05) is 11.5 Å². The molecule has 2 aliphatic rings. The van der Waals surface area contributed by atoms with Crippen molar-refractivity contribution < 1.29 is 9.84 Å². The Hall–Kier alpha value is -0.670. The van der Waals surface area contributed by atoms with Gasteiger partial charge in [-0.05, 0) is 36.1 Å². The zero-order chi connectivity index (χ0) is 10.3. The van der Waals surface area contributed by atoms with Crippen molar-refractivity contribution in [3.05, 3.63) is 29.3 Å². The number of aryl methyl sites for hydroxylation is 1. The molecule has 0 aromatic heterocycles. The van der Waals surface area contributed by atoms with E-state index in [4.69, 9.17) is 4.74 Å². The van der Waals surface area contributed by atoms with Gasteiger partial charge in [-0.25, -0.2) is 0 Å². The first-order valence-electron chi connectivity index (χ1n) is 5.38. The minimum absolute atomic E-state index is 0.256. The van der Waals surface area contributed by atoms with Crippen LogP contribution in [0.1, 0.15) is 23.7 Å². The lowest BCUT2D eigenvalue weighted by atomic mass is 10.1. The van der Waals surface area contributed by atoms with Crippen molar-refractivity contribution in [1.29, 1.82) is 0 Å². The minimum atomic E-state index is -0.256. The fourth-order valence-electron chi connectivity index (χ4n) is 2.12. The van der Waals surface area contributed by atoms with Gasteiger partial charge in [-0.15, -0.1) is 0 Å². The van der Waals surface area contributed by atoms with Gasteiger partial charge in [-0.3, -0.25) is 0 Å². The van der Waals surface area contributed by atoms with E-state index >= 15 is 0 Å². The third kappa shape index (κ3) is 1.74. The van der Waals surface area contributed by atoms with Crippen molar-refractivity contribution in [2.45, 2.75) is 25.0 Å². The second-order valence-electron chi connectivity index (χ2n) is 4.19. The van der Waals surface area contributed by atoms with Crippen LogP contribution in [0, 0.1) is 0 Å². The maximum Gasteiger partial charge on any atom is 0.120 e. The highest BCUT2D eigenvalue weighted by Crippen LogP contribution is 2.34. The summed E-state index contributed by atoms with van der Waals surface area (Å²) in [7, 11) is 0. The molecule has 3 rings (SSSR count). The molecule has 0 bridgehead atoms. The standard InChI is InChI=1S/C12H14O2S/c13-12-4-1-8-5-9(2-3-11(8)12)14-10-6-15-7-10/h2-3,5,10,12-13H,1,4,6-7H2. The Bertz CT molecular complexity index is 374. The molecule has 1 saturated heterocycles. The highest BCUT2D eigenvalue weighted by molar-refractivity contribution is 8.00. The molecule has 1 aliphatic carbocycles. The van der Waals surface area contributed by atoms with E-state index in [1.807, 2.05) is 23.9 Å². The summed E-state index contributed by atoms with van der Waals surface area (Å²) < 4.78 is 5.81. The zero-order valence-electron chi connectivity index (χ0n) is 8.48. The SMILES string of the molecule is OC1CCc2cc(OC3CSC3)ccc21. The fourth-order valence-corrected chi connectivity index (χ4v) is 2.68. The van der Waals surface area contributed by atoms with Gasteiger partial charge in [0.15, 0.2) is 0 Å². The predicted octanol–water partition coefficient (Wildman–Crippen LogP) is 2.16. The highest BCUT2D eigenvalue weighted by atomic mass is 32.2. The van der Waals surface area contributed by atoms with Crippen LogP contribution in [0.5, 0.6) is 5.75 Å². The summed E-state index contributed by atoms with van der Waals surface area (Å²) in [6, 6.07) is 6.08. The van der Waals surface area contributed by atoms with Crippen LogP contribution in [-0.4, -0.2) is 22.7 Å². The number of aliphatic hydroxyl groups is 1. The number of hydrogen-bond donors (Lipinski definition) is 1. The lowest BCUT2D eigenvalue weighted by molar-refractivity contribution is 0.180. The molecule has 0 radical (unpaired) electrons. The number of benzene rings is 1. The molecule has 1 unspecified atom stereocenters. The quantitative estimate of drug-likeness (QED) is 0.831. The number of rotatable bonds is 2. The summed E-state index contributed by atoms with van der Waals surface area (Å²) in [5.74, 6) is 3.19. The van der Waals surface area contributed by atoms with Crippen LogP contribution in [-0.2, 0) is 6.42 Å². The van der Waals surface area contributed by atoms with Gasteiger partial charge in [0.2, 0.25) is 0 Å². The van der Waals surface area contributed by atoms with Crippen LogP contribution >= 0.6 is 11.8 Å². The topological polar surface area (TPSA) is 29.5 Å². The molecule has 0 spiro atoms.